The normalized spacial score (nSPS) is 11.8. The molecule has 0 aliphatic heterocycles. The molecular weight excluding hydrogens is 711 g/mol. The number of para-hydroxylation sites is 2. The van der Waals surface area contributed by atoms with Crippen LogP contribution >= 0.6 is 12.1 Å². The van der Waals surface area contributed by atoms with Gasteiger partial charge in [-0.1, -0.05) is 181 Å². The van der Waals surface area contributed by atoms with E-state index < -0.39 is 12.1 Å². The van der Waals surface area contributed by atoms with Crippen LogP contribution in [0.1, 0.15) is 0 Å². The summed E-state index contributed by atoms with van der Waals surface area (Å²) in [5.41, 5.74) is 2.23. The predicted octanol–water partition coefficient (Wildman–Crippen LogP) is 9.19. The molecule has 0 saturated carbocycles. The van der Waals surface area contributed by atoms with Crippen LogP contribution in [0.5, 0.6) is 11.5 Å². The molecule has 8 aromatic carbocycles. The smallest absolute Gasteiger partial charge is 0.127 e. The third-order valence-electron chi connectivity index (χ3n) is 9.83. The maximum atomic E-state index is 7.24. The van der Waals surface area contributed by atoms with Gasteiger partial charge >= 0.3 is 0 Å². The van der Waals surface area contributed by atoms with Gasteiger partial charge in [-0.3, -0.25) is 0 Å². The number of methoxy groups -OCH3 is 2. The molecule has 0 atom stereocenters. The molecular formula is C46H36O2P2S2. The Kier molecular flexibility index (Phi) is 9.43. The fourth-order valence-electron chi connectivity index (χ4n) is 7.44. The van der Waals surface area contributed by atoms with Gasteiger partial charge in [0.25, 0.3) is 0 Å². The summed E-state index contributed by atoms with van der Waals surface area (Å²) in [5.74, 6) is 1.51. The minimum absolute atomic E-state index is 0.757. The van der Waals surface area contributed by atoms with E-state index >= 15 is 0 Å². The zero-order chi connectivity index (χ0) is 35.7. The van der Waals surface area contributed by atoms with Crippen LogP contribution in [0.15, 0.2) is 182 Å². The molecule has 0 radical (unpaired) electrons. The minimum atomic E-state index is -2.92. The number of hydrogen-bond acceptors (Lipinski definition) is 4. The number of rotatable bonds is 9. The van der Waals surface area contributed by atoms with Crippen molar-refractivity contribution in [3.8, 4) is 22.6 Å². The van der Waals surface area contributed by atoms with Gasteiger partial charge in [0.15, 0.2) is 0 Å². The molecule has 254 valence electrons. The molecule has 0 unspecified atom stereocenters. The largest absolute Gasteiger partial charge is 0.496 e. The highest BCUT2D eigenvalue weighted by Crippen LogP contribution is 2.54. The van der Waals surface area contributed by atoms with Gasteiger partial charge in [-0.05, 0) is 67.5 Å². The maximum absolute atomic E-state index is 7.24. The average molecular weight is 747 g/mol. The lowest BCUT2D eigenvalue weighted by Gasteiger charge is -2.32. The Balaban J connectivity index is 1.61. The van der Waals surface area contributed by atoms with Crippen LogP contribution in [0.4, 0.5) is 0 Å². The van der Waals surface area contributed by atoms with E-state index in [9.17, 15) is 0 Å². The SMILES string of the molecule is COc1ccccc1P(=S)(c1ccccc1OC)c1ccc2ccccc2c1-c1c(P(=S)(c2ccccc2)c2ccccc2)ccc2ccccc12. The number of benzene rings is 8. The Morgan fingerprint density at radius 1 is 0.346 bits per heavy atom. The van der Waals surface area contributed by atoms with Crippen molar-refractivity contribution >= 4 is 89.1 Å². The third kappa shape index (κ3) is 5.63. The second-order valence-corrected chi connectivity index (χ2v) is 21.3. The summed E-state index contributed by atoms with van der Waals surface area (Å²) in [7, 11) is 3.45. The fraction of sp³-hybridized carbons (Fsp3) is 0.0435. The zero-order valence-corrected chi connectivity index (χ0v) is 32.3. The summed E-state index contributed by atoms with van der Waals surface area (Å²) >= 11 is 14.4. The second-order valence-electron chi connectivity index (χ2n) is 12.6. The van der Waals surface area contributed by atoms with Gasteiger partial charge in [0.1, 0.15) is 11.5 Å². The zero-order valence-electron chi connectivity index (χ0n) is 28.8. The highest BCUT2D eigenvalue weighted by Gasteiger charge is 2.36. The molecule has 0 spiro atoms. The van der Waals surface area contributed by atoms with Crippen molar-refractivity contribution in [1.29, 1.82) is 0 Å². The molecule has 2 nitrogen and oxygen atoms in total. The minimum Gasteiger partial charge on any atom is -0.496 e. The Morgan fingerprint density at radius 3 is 1.15 bits per heavy atom. The van der Waals surface area contributed by atoms with Crippen LogP contribution in [0.3, 0.4) is 0 Å². The van der Waals surface area contributed by atoms with E-state index in [0.29, 0.717) is 0 Å². The summed E-state index contributed by atoms with van der Waals surface area (Å²) in [4.78, 5) is 0. The highest BCUT2D eigenvalue weighted by molar-refractivity contribution is 8.26. The first-order valence-corrected chi connectivity index (χ1v) is 22.7. The molecule has 0 aliphatic rings. The number of hydrogen-bond donors (Lipinski definition) is 0. The first kappa shape index (κ1) is 34.3. The van der Waals surface area contributed by atoms with Gasteiger partial charge in [0.05, 0.1) is 14.2 Å². The van der Waals surface area contributed by atoms with Crippen LogP contribution < -0.4 is 41.3 Å². The molecule has 0 N–H and O–H groups in total. The van der Waals surface area contributed by atoms with E-state index in [1.165, 1.54) is 0 Å². The Bertz CT molecular complexity index is 2580. The predicted molar refractivity (Wildman–Crippen MR) is 232 cm³/mol. The van der Waals surface area contributed by atoms with E-state index in [2.05, 4.69) is 158 Å². The van der Waals surface area contributed by atoms with Crippen LogP contribution in [-0.2, 0) is 23.6 Å². The first-order chi connectivity index (χ1) is 25.5. The van der Waals surface area contributed by atoms with Gasteiger partial charge in [-0.15, -0.1) is 0 Å². The molecule has 8 rings (SSSR count). The van der Waals surface area contributed by atoms with Gasteiger partial charge in [0.2, 0.25) is 0 Å². The molecule has 6 heteroatoms. The van der Waals surface area contributed by atoms with E-state index in [-0.39, 0.29) is 0 Å². The van der Waals surface area contributed by atoms with Crippen molar-refractivity contribution in [1.82, 2.24) is 0 Å². The Labute approximate surface area is 315 Å². The molecule has 0 amide bonds. The monoisotopic (exact) mass is 746 g/mol. The molecule has 0 bridgehead atoms. The summed E-state index contributed by atoms with van der Waals surface area (Å²) in [6.07, 6.45) is 0. The number of fused-ring (bicyclic) bond motifs is 2. The average Bonchev–Trinajstić information content (AvgIpc) is 3.23. The maximum Gasteiger partial charge on any atom is 0.127 e. The first-order valence-electron chi connectivity index (χ1n) is 17.1. The Morgan fingerprint density at radius 2 is 0.712 bits per heavy atom. The van der Waals surface area contributed by atoms with Gasteiger partial charge in [-0.25, -0.2) is 0 Å². The second kappa shape index (κ2) is 14.3. The lowest BCUT2D eigenvalue weighted by Crippen LogP contribution is -2.30. The number of ether oxygens (including phenoxy) is 2. The summed E-state index contributed by atoms with van der Waals surface area (Å²) in [5, 5.41) is 11.0. The van der Waals surface area contributed by atoms with Crippen molar-refractivity contribution in [3.63, 3.8) is 0 Å². The third-order valence-corrected chi connectivity index (χ3v) is 19.7. The molecule has 0 saturated heterocycles. The molecule has 0 aromatic heterocycles. The van der Waals surface area contributed by atoms with Crippen molar-refractivity contribution in [2.45, 2.75) is 0 Å². The lowest BCUT2D eigenvalue weighted by atomic mass is 9.93. The molecule has 8 aromatic rings. The van der Waals surface area contributed by atoms with Crippen LogP contribution in [0, 0.1) is 0 Å². The standard InChI is InChI=1S/C46H36O2P2S2/c1-47-39-25-13-15-27-41(39)50(52,42-28-16-14-26-40(42)48-2)44-32-30-34-18-10-12-24-38(34)46(44)45-37-23-11-9-17-33(37)29-31-43(45)49(51,35-19-5-3-6-20-35)36-21-7-4-8-22-36/h3-32H,1-2H3. The summed E-state index contributed by atoms with van der Waals surface area (Å²) in [6, 6.07) is 58.5. The Hall–Kier alpha value is -4.82. The van der Waals surface area contributed by atoms with E-state index in [1.807, 2.05) is 24.3 Å². The highest BCUT2D eigenvalue weighted by atomic mass is 32.4. The van der Waals surface area contributed by atoms with Crippen molar-refractivity contribution in [3.05, 3.63) is 182 Å². The van der Waals surface area contributed by atoms with E-state index in [4.69, 9.17) is 33.1 Å². The quantitative estimate of drug-likeness (QED) is 0.137. The van der Waals surface area contributed by atoms with Crippen molar-refractivity contribution in [2.24, 2.45) is 0 Å². The molecule has 52 heavy (non-hydrogen) atoms. The van der Waals surface area contributed by atoms with Gasteiger partial charge < -0.3 is 9.47 Å². The van der Waals surface area contributed by atoms with Crippen molar-refractivity contribution < 1.29 is 9.47 Å². The van der Waals surface area contributed by atoms with E-state index in [1.54, 1.807) is 14.2 Å². The van der Waals surface area contributed by atoms with Crippen molar-refractivity contribution in [2.75, 3.05) is 14.2 Å². The molecule has 0 fully saturated rings. The van der Waals surface area contributed by atoms with Crippen LogP contribution in [0.25, 0.3) is 32.7 Å². The fourth-order valence-corrected chi connectivity index (χ4v) is 16.0. The van der Waals surface area contributed by atoms with Crippen LogP contribution in [-0.4, -0.2) is 14.2 Å². The van der Waals surface area contributed by atoms with Gasteiger partial charge in [-0.2, -0.15) is 0 Å². The summed E-state index contributed by atoms with van der Waals surface area (Å²) in [6.45, 7) is 0. The molecule has 0 aliphatic carbocycles. The van der Waals surface area contributed by atoms with Gasteiger partial charge in [0, 0.05) is 33.3 Å². The summed E-state index contributed by atoms with van der Waals surface area (Å²) < 4.78 is 12.2. The van der Waals surface area contributed by atoms with E-state index in [0.717, 1.165) is 76.0 Å². The van der Waals surface area contributed by atoms with Crippen LogP contribution in [0.2, 0.25) is 0 Å². The topological polar surface area (TPSA) is 18.5 Å². The molecule has 0 heterocycles. The lowest BCUT2D eigenvalue weighted by molar-refractivity contribution is 0.417.